The highest BCUT2D eigenvalue weighted by molar-refractivity contribution is 7.92. The summed E-state index contributed by atoms with van der Waals surface area (Å²) in [6.45, 7) is 2.12. The number of aryl methyl sites for hydroxylation is 1. The van der Waals surface area contributed by atoms with E-state index in [1.165, 1.54) is 15.6 Å². The van der Waals surface area contributed by atoms with Gasteiger partial charge in [-0.1, -0.05) is 71.0 Å². The minimum absolute atomic E-state index is 0.109. The number of nitrogens with zero attached hydrogens (tertiary/aromatic N) is 3. The molecule has 0 unspecified atom stereocenters. The topological polar surface area (TPSA) is 92.3 Å². The van der Waals surface area contributed by atoms with Crippen LogP contribution in [0.3, 0.4) is 0 Å². The van der Waals surface area contributed by atoms with Crippen molar-refractivity contribution in [1.29, 1.82) is 0 Å². The van der Waals surface area contributed by atoms with Gasteiger partial charge in [-0.3, -0.25) is 14.4 Å². The molecule has 1 heterocycles. The van der Waals surface area contributed by atoms with E-state index in [1.54, 1.807) is 48.5 Å². The van der Waals surface area contributed by atoms with Crippen molar-refractivity contribution in [2.45, 2.75) is 13.5 Å². The normalized spacial score (nSPS) is 11.3. The van der Waals surface area contributed by atoms with Crippen LogP contribution >= 0.6 is 22.9 Å². The van der Waals surface area contributed by atoms with Crippen LogP contribution < -0.4 is 9.62 Å². The number of carbonyl (C=O) groups excluding carboxylic acids is 1. The van der Waals surface area contributed by atoms with Crippen LogP contribution in [-0.4, -0.2) is 30.8 Å². The van der Waals surface area contributed by atoms with Gasteiger partial charge in [0.1, 0.15) is 5.01 Å². The van der Waals surface area contributed by atoms with Gasteiger partial charge in [-0.05, 0) is 42.8 Å². The zero-order valence-corrected chi connectivity index (χ0v) is 20.8. The highest BCUT2D eigenvalue weighted by Gasteiger charge is 2.19. The minimum atomic E-state index is -3.54. The summed E-state index contributed by atoms with van der Waals surface area (Å²) < 4.78 is 26.0. The number of carbonyl (C=O) groups is 1. The smallest absolute Gasteiger partial charge is 0.257 e. The van der Waals surface area contributed by atoms with Crippen molar-refractivity contribution >= 4 is 49.7 Å². The number of amides is 1. The summed E-state index contributed by atoms with van der Waals surface area (Å²) >= 11 is 7.32. The molecule has 0 aliphatic carbocycles. The van der Waals surface area contributed by atoms with Gasteiger partial charge in [-0.2, -0.15) is 0 Å². The van der Waals surface area contributed by atoms with E-state index in [-0.39, 0.29) is 12.5 Å². The summed E-state index contributed by atoms with van der Waals surface area (Å²) in [5.41, 5.74) is 3.70. The Morgan fingerprint density at radius 3 is 2.38 bits per heavy atom. The third-order valence-electron chi connectivity index (χ3n) is 4.98. The van der Waals surface area contributed by atoms with Gasteiger partial charge in [0.05, 0.1) is 18.5 Å². The summed E-state index contributed by atoms with van der Waals surface area (Å²) in [5.74, 6) is -0.326. The lowest BCUT2D eigenvalue weighted by Gasteiger charge is -2.22. The quantitative estimate of drug-likeness (QED) is 0.358. The molecule has 10 heteroatoms. The van der Waals surface area contributed by atoms with Gasteiger partial charge >= 0.3 is 0 Å². The van der Waals surface area contributed by atoms with Crippen molar-refractivity contribution in [1.82, 2.24) is 10.2 Å². The molecule has 0 atom stereocenters. The fraction of sp³-hybridized carbons (Fsp3) is 0.125. The summed E-state index contributed by atoms with van der Waals surface area (Å²) in [6, 6.07) is 21.3. The first-order chi connectivity index (χ1) is 16.2. The van der Waals surface area contributed by atoms with Crippen molar-refractivity contribution < 1.29 is 13.2 Å². The average Bonchev–Trinajstić information content (AvgIpc) is 3.26. The molecule has 0 fully saturated rings. The van der Waals surface area contributed by atoms with Crippen LogP contribution in [0.15, 0.2) is 72.8 Å². The Bertz CT molecular complexity index is 1420. The molecule has 1 N–H and O–H groups in total. The first-order valence-electron chi connectivity index (χ1n) is 10.2. The Hall–Kier alpha value is -3.27. The van der Waals surface area contributed by atoms with Crippen LogP contribution in [0.5, 0.6) is 0 Å². The summed E-state index contributed by atoms with van der Waals surface area (Å²) in [6.07, 6.45) is 1.14. The number of aromatic nitrogens is 2. The van der Waals surface area contributed by atoms with Gasteiger partial charge in [0.15, 0.2) is 0 Å². The molecule has 0 bridgehead atoms. The lowest BCUT2D eigenvalue weighted by Crippen LogP contribution is -2.29. The minimum Gasteiger partial charge on any atom is -0.296 e. The highest BCUT2D eigenvalue weighted by atomic mass is 35.5. The zero-order valence-electron chi connectivity index (χ0n) is 18.4. The van der Waals surface area contributed by atoms with E-state index in [9.17, 15) is 13.2 Å². The number of benzene rings is 3. The van der Waals surface area contributed by atoms with Crippen molar-refractivity contribution in [3.05, 3.63) is 94.5 Å². The fourth-order valence-corrected chi connectivity index (χ4v) is 5.02. The van der Waals surface area contributed by atoms with E-state index in [1.807, 2.05) is 31.2 Å². The highest BCUT2D eigenvalue weighted by Crippen LogP contribution is 2.27. The molecule has 34 heavy (non-hydrogen) atoms. The molecule has 174 valence electrons. The maximum atomic E-state index is 12.7. The predicted octanol–water partition coefficient (Wildman–Crippen LogP) is 5.39. The molecule has 0 spiro atoms. The SMILES string of the molecule is Cc1ccc(-c2nnc(NC(=O)c3ccc(CN(c4cccc(Cl)c4)S(C)(=O)=O)cc3)s2)cc1. The number of anilines is 2. The van der Waals surface area contributed by atoms with Crippen molar-refractivity contribution in [3.8, 4) is 10.6 Å². The standard InChI is InChI=1S/C24H21ClN4O3S2/c1-16-6-10-19(11-7-16)23-27-28-24(33-23)26-22(30)18-12-8-17(9-13-18)15-29(34(2,31)32)21-5-3-4-20(25)14-21/h3-14H,15H2,1-2H3,(H,26,28,30). The monoisotopic (exact) mass is 512 g/mol. The molecule has 0 aliphatic rings. The third-order valence-corrected chi connectivity index (χ3v) is 7.25. The van der Waals surface area contributed by atoms with Gasteiger partial charge in [0, 0.05) is 16.1 Å². The Balaban J connectivity index is 1.46. The van der Waals surface area contributed by atoms with Crippen LogP contribution in [-0.2, 0) is 16.6 Å². The number of nitrogens with one attached hydrogen (secondary N) is 1. The van der Waals surface area contributed by atoms with Crippen LogP contribution in [0.2, 0.25) is 5.02 Å². The first kappa shape index (κ1) is 23.9. The molecule has 1 aromatic heterocycles. The molecule has 1 amide bonds. The molecule has 0 saturated heterocycles. The maximum Gasteiger partial charge on any atom is 0.257 e. The third kappa shape index (κ3) is 5.80. The number of halogens is 1. The molecule has 4 rings (SSSR count). The maximum absolute atomic E-state index is 12.7. The van der Waals surface area contributed by atoms with E-state index < -0.39 is 10.0 Å². The Labute approximate surface area is 207 Å². The first-order valence-corrected chi connectivity index (χ1v) is 13.3. The van der Waals surface area contributed by atoms with Crippen LogP contribution in [0, 0.1) is 6.92 Å². The second-order valence-corrected chi connectivity index (χ2v) is 11.0. The van der Waals surface area contributed by atoms with Crippen LogP contribution in [0.1, 0.15) is 21.5 Å². The number of sulfonamides is 1. The molecule has 0 aliphatic heterocycles. The second-order valence-electron chi connectivity index (χ2n) is 7.68. The Kier molecular flexibility index (Phi) is 6.97. The van der Waals surface area contributed by atoms with Crippen LogP contribution in [0.25, 0.3) is 10.6 Å². The second kappa shape index (κ2) is 9.92. The van der Waals surface area contributed by atoms with Gasteiger partial charge in [-0.25, -0.2) is 8.42 Å². The van der Waals surface area contributed by atoms with Gasteiger partial charge in [-0.15, -0.1) is 10.2 Å². The number of hydrogen-bond donors (Lipinski definition) is 1. The molecule has 4 aromatic rings. The van der Waals surface area contributed by atoms with Gasteiger partial charge < -0.3 is 0 Å². The van der Waals surface area contributed by atoms with Crippen molar-refractivity contribution in [2.75, 3.05) is 15.9 Å². The Morgan fingerprint density at radius 2 is 1.74 bits per heavy atom. The predicted molar refractivity (Wildman–Crippen MR) is 137 cm³/mol. The fourth-order valence-electron chi connectivity index (χ4n) is 3.21. The zero-order chi connectivity index (χ0) is 24.3. The lowest BCUT2D eigenvalue weighted by molar-refractivity contribution is 0.102. The molecular formula is C24H21ClN4O3S2. The summed E-state index contributed by atoms with van der Waals surface area (Å²) in [7, 11) is -3.54. The van der Waals surface area contributed by atoms with E-state index in [4.69, 9.17) is 11.6 Å². The van der Waals surface area contributed by atoms with E-state index in [2.05, 4.69) is 15.5 Å². The average molecular weight is 513 g/mol. The molecule has 0 radical (unpaired) electrons. The lowest BCUT2D eigenvalue weighted by atomic mass is 10.1. The number of rotatable bonds is 7. The van der Waals surface area contributed by atoms with E-state index in [0.29, 0.717) is 26.4 Å². The summed E-state index contributed by atoms with van der Waals surface area (Å²) in [5, 5.41) is 12.5. The molecular weight excluding hydrogens is 492 g/mol. The van der Waals surface area contributed by atoms with E-state index in [0.717, 1.165) is 22.9 Å². The molecule has 0 saturated carbocycles. The van der Waals surface area contributed by atoms with Gasteiger partial charge in [0.2, 0.25) is 15.2 Å². The van der Waals surface area contributed by atoms with Gasteiger partial charge in [0.25, 0.3) is 5.91 Å². The largest absolute Gasteiger partial charge is 0.296 e. The van der Waals surface area contributed by atoms with E-state index >= 15 is 0 Å². The van der Waals surface area contributed by atoms with Crippen molar-refractivity contribution in [2.24, 2.45) is 0 Å². The van der Waals surface area contributed by atoms with Crippen molar-refractivity contribution in [3.63, 3.8) is 0 Å². The molecule has 3 aromatic carbocycles. The molecule has 7 nitrogen and oxygen atoms in total. The Morgan fingerprint density at radius 1 is 1.03 bits per heavy atom. The summed E-state index contributed by atoms with van der Waals surface area (Å²) in [4.78, 5) is 12.7. The van der Waals surface area contributed by atoms with Crippen LogP contribution in [0.4, 0.5) is 10.8 Å². The number of hydrogen-bond acceptors (Lipinski definition) is 6.